The van der Waals surface area contributed by atoms with Crippen LogP contribution in [0.4, 0.5) is 24.7 Å². The quantitative estimate of drug-likeness (QED) is 0.480. The summed E-state index contributed by atoms with van der Waals surface area (Å²) in [5, 5.41) is 6.12. The van der Waals surface area contributed by atoms with Crippen molar-refractivity contribution in [3.05, 3.63) is 77.3 Å². The van der Waals surface area contributed by atoms with Crippen LogP contribution >= 0.6 is 0 Å². The molecule has 0 saturated heterocycles. The number of halogens is 3. The molecule has 1 aliphatic heterocycles. The molecule has 0 radical (unpaired) electrons. The monoisotopic (exact) mass is 501 g/mol. The predicted molar refractivity (Wildman–Crippen MR) is 122 cm³/mol. The fraction of sp³-hybridized carbons (Fsp3) is 0.250. The van der Waals surface area contributed by atoms with E-state index in [0.717, 1.165) is 0 Å². The highest BCUT2D eigenvalue weighted by molar-refractivity contribution is 6.04. The lowest BCUT2D eigenvalue weighted by Gasteiger charge is -2.23. The molecule has 1 aromatic heterocycles. The molecule has 1 atom stereocenters. The van der Waals surface area contributed by atoms with Gasteiger partial charge in [0.25, 0.3) is 0 Å². The second kappa shape index (κ2) is 10.6. The smallest absolute Gasteiger partial charge is 0.247 e. The number of carbonyl (C=O) groups is 3. The van der Waals surface area contributed by atoms with Crippen molar-refractivity contribution in [3.8, 4) is 0 Å². The lowest BCUT2D eigenvalue weighted by Crippen LogP contribution is -2.44. The van der Waals surface area contributed by atoms with Gasteiger partial charge in [-0.1, -0.05) is 23.4 Å². The first-order chi connectivity index (χ1) is 17.2. The maximum atomic E-state index is 14.0. The number of carbonyl (C=O) groups excluding carboxylic acids is 3. The van der Waals surface area contributed by atoms with Crippen molar-refractivity contribution in [2.45, 2.75) is 25.4 Å². The van der Waals surface area contributed by atoms with E-state index in [1.807, 2.05) is 0 Å². The highest BCUT2D eigenvalue weighted by atomic mass is 19.2. The Morgan fingerprint density at radius 3 is 2.58 bits per heavy atom. The van der Waals surface area contributed by atoms with Crippen LogP contribution in [0.15, 0.2) is 53.3 Å². The number of fused-ring (bicyclic) bond motifs is 1. The standard InChI is InChI=1S/C24H22F3N5O4/c25-17-10-19(27)18(26)8-15(17)7-16(28)9-23(34)31-11-14-3-1-2-4-20(14)32(24(35)13-31)12-22(33)29-21-5-6-36-30-21/h1-6,8,10,16H,7,9,11-13,28H2,(H,29,30,33)/t16-/m1/s1. The zero-order valence-electron chi connectivity index (χ0n) is 18.9. The number of anilines is 2. The van der Waals surface area contributed by atoms with Crippen molar-refractivity contribution in [1.29, 1.82) is 0 Å². The Kier molecular flexibility index (Phi) is 7.34. The highest BCUT2D eigenvalue weighted by Crippen LogP contribution is 2.26. The largest absolute Gasteiger partial charge is 0.363 e. The van der Waals surface area contributed by atoms with Crippen molar-refractivity contribution in [2.75, 3.05) is 23.3 Å². The minimum absolute atomic E-state index is 0.0778. The number of hydrogen-bond donors (Lipinski definition) is 2. The summed E-state index contributed by atoms with van der Waals surface area (Å²) in [6.45, 7) is -0.564. The SMILES string of the molecule is N[C@@H](CC(=O)N1CC(=O)N(CC(=O)Nc2ccon2)c2ccccc2C1)Cc1cc(F)c(F)cc1F. The van der Waals surface area contributed by atoms with E-state index in [0.29, 0.717) is 23.4 Å². The van der Waals surface area contributed by atoms with E-state index in [9.17, 15) is 27.6 Å². The number of nitrogens with two attached hydrogens (primary N) is 1. The number of benzene rings is 2. The molecule has 9 nitrogen and oxygen atoms in total. The number of nitrogens with zero attached hydrogens (tertiary/aromatic N) is 3. The predicted octanol–water partition coefficient (Wildman–Crippen LogP) is 2.37. The number of nitrogens with one attached hydrogen (secondary N) is 1. The van der Waals surface area contributed by atoms with Crippen LogP contribution in [-0.2, 0) is 27.3 Å². The van der Waals surface area contributed by atoms with Gasteiger partial charge in [-0.15, -0.1) is 0 Å². The zero-order chi connectivity index (χ0) is 25.8. The van der Waals surface area contributed by atoms with Crippen LogP contribution < -0.4 is 16.0 Å². The summed E-state index contributed by atoms with van der Waals surface area (Å²) in [5.74, 6) is -4.79. The highest BCUT2D eigenvalue weighted by Gasteiger charge is 2.30. The van der Waals surface area contributed by atoms with E-state index in [4.69, 9.17) is 5.73 Å². The van der Waals surface area contributed by atoms with Crippen molar-refractivity contribution in [1.82, 2.24) is 10.1 Å². The molecule has 0 aliphatic carbocycles. The molecule has 2 aromatic carbocycles. The van der Waals surface area contributed by atoms with Gasteiger partial charge in [0.1, 0.15) is 25.2 Å². The lowest BCUT2D eigenvalue weighted by molar-refractivity contribution is -0.136. The molecule has 36 heavy (non-hydrogen) atoms. The molecule has 188 valence electrons. The number of amides is 3. The first-order valence-electron chi connectivity index (χ1n) is 11.0. The molecular formula is C24H22F3N5O4. The average Bonchev–Trinajstić information content (AvgIpc) is 3.29. The molecule has 2 heterocycles. The van der Waals surface area contributed by atoms with Crippen molar-refractivity contribution >= 4 is 29.2 Å². The van der Waals surface area contributed by atoms with E-state index in [1.54, 1.807) is 24.3 Å². The van der Waals surface area contributed by atoms with Gasteiger partial charge in [-0.05, 0) is 29.7 Å². The Bertz CT molecular complexity index is 1280. The summed E-state index contributed by atoms with van der Waals surface area (Å²) in [7, 11) is 0. The van der Waals surface area contributed by atoms with Crippen molar-refractivity contribution < 1.29 is 32.1 Å². The molecule has 3 amide bonds. The maximum Gasteiger partial charge on any atom is 0.247 e. The van der Waals surface area contributed by atoms with Crippen LogP contribution in [0.5, 0.6) is 0 Å². The molecule has 3 N–H and O–H groups in total. The van der Waals surface area contributed by atoms with E-state index in [-0.39, 0.29) is 43.9 Å². The molecule has 3 aromatic rings. The summed E-state index contributed by atoms with van der Waals surface area (Å²) in [6.07, 6.45) is 0.819. The van der Waals surface area contributed by atoms with Crippen molar-refractivity contribution in [3.63, 3.8) is 0 Å². The third kappa shape index (κ3) is 5.71. The molecule has 12 heteroatoms. The minimum atomic E-state index is -1.32. The molecule has 0 fully saturated rings. The van der Waals surface area contributed by atoms with Gasteiger partial charge in [0.2, 0.25) is 17.7 Å². The van der Waals surface area contributed by atoms with E-state index >= 15 is 0 Å². The molecule has 0 bridgehead atoms. The van der Waals surface area contributed by atoms with Crippen LogP contribution in [-0.4, -0.2) is 46.9 Å². The number of para-hydroxylation sites is 1. The molecule has 4 rings (SSSR count). The summed E-state index contributed by atoms with van der Waals surface area (Å²) < 4.78 is 45.3. The van der Waals surface area contributed by atoms with Gasteiger partial charge >= 0.3 is 0 Å². The fourth-order valence-corrected chi connectivity index (χ4v) is 3.93. The molecule has 0 spiro atoms. The van der Waals surface area contributed by atoms with Gasteiger partial charge in [-0.3, -0.25) is 14.4 Å². The summed E-state index contributed by atoms with van der Waals surface area (Å²) >= 11 is 0. The summed E-state index contributed by atoms with van der Waals surface area (Å²) in [4.78, 5) is 41.1. The molecule has 0 saturated carbocycles. The van der Waals surface area contributed by atoms with Gasteiger partial charge in [0, 0.05) is 36.8 Å². The zero-order valence-corrected chi connectivity index (χ0v) is 18.9. The Morgan fingerprint density at radius 1 is 1.08 bits per heavy atom. The van der Waals surface area contributed by atoms with Crippen LogP contribution in [0.25, 0.3) is 0 Å². The van der Waals surface area contributed by atoms with Gasteiger partial charge < -0.3 is 25.4 Å². The van der Waals surface area contributed by atoms with Gasteiger partial charge in [0.05, 0.1) is 0 Å². The third-order valence-corrected chi connectivity index (χ3v) is 5.64. The Labute approximate surface area is 203 Å². The second-order valence-corrected chi connectivity index (χ2v) is 8.32. The fourth-order valence-electron chi connectivity index (χ4n) is 3.93. The van der Waals surface area contributed by atoms with Crippen LogP contribution in [0.1, 0.15) is 17.5 Å². The number of aromatic nitrogens is 1. The molecular weight excluding hydrogens is 479 g/mol. The minimum Gasteiger partial charge on any atom is -0.363 e. The lowest BCUT2D eigenvalue weighted by atomic mass is 10.0. The summed E-state index contributed by atoms with van der Waals surface area (Å²) in [5.41, 5.74) is 6.95. The number of hydrogen-bond acceptors (Lipinski definition) is 6. The number of rotatable bonds is 7. The molecule has 1 aliphatic rings. The van der Waals surface area contributed by atoms with Gasteiger partial charge in [-0.25, -0.2) is 13.2 Å². The van der Waals surface area contributed by atoms with E-state index < -0.39 is 41.2 Å². The normalized spacial score (nSPS) is 14.3. The first kappa shape index (κ1) is 24.9. The van der Waals surface area contributed by atoms with Crippen LogP contribution in [0.2, 0.25) is 0 Å². The average molecular weight is 501 g/mol. The topological polar surface area (TPSA) is 122 Å². The summed E-state index contributed by atoms with van der Waals surface area (Å²) in [6, 6.07) is 8.53. The Balaban J connectivity index is 1.46. The molecule has 0 unspecified atom stereocenters. The van der Waals surface area contributed by atoms with Gasteiger partial charge in [0.15, 0.2) is 17.5 Å². The Hall–Kier alpha value is -4.19. The Morgan fingerprint density at radius 2 is 1.83 bits per heavy atom. The van der Waals surface area contributed by atoms with Crippen LogP contribution in [0, 0.1) is 17.5 Å². The van der Waals surface area contributed by atoms with E-state index in [2.05, 4.69) is 15.0 Å². The van der Waals surface area contributed by atoms with E-state index in [1.165, 1.54) is 22.1 Å². The maximum absolute atomic E-state index is 14.0. The van der Waals surface area contributed by atoms with Gasteiger partial charge in [-0.2, -0.15) is 0 Å². The third-order valence-electron chi connectivity index (χ3n) is 5.64. The first-order valence-corrected chi connectivity index (χ1v) is 11.0. The second-order valence-electron chi connectivity index (χ2n) is 8.32. The van der Waals surface area contributed by atoms with Crippen LogP contribution in [0.3, 0.4) is 0 Å². The van der Waals surface area contributed by atoms with Crippen molar-refractivity contribution in [2.24, 2.45) is 5.73 Å².